The number of nitrogens with one attached hydrogen (secondary N) is 2. The van der Waals surface area contributed by atoms with E-state index in [1.165, 1.54) is 12.8 Å². The quantitative estimate of drug-likeness (QED) is 0.849. The first-order valence-electron chi connectivity index (χ1n) is 6.71. The lowest BCUT2D eigenvalue weighted by atomic mass is 10.0. The average molecular weight is 250 g/mol. The molecule has 1 aromatic rings. The van der Waals surface area contributed by atoms with Crippen molar-refractivity contribution in [3.8, 4) is 0 Å². The van der Waals surface area contributed by atoms with Gasteiger partial charge in [-0.15, -0.1) is 0 Å². The summed E-state index contributed by atoms with van der Waals surface area (Å²) in [5.74, 6) is 0.0612. The number of hydrogen-bond acceptors (Lipinski definition) is 3. The van der Waals surface area contributed by atoms with E-state index in [9.17, 15) is 4.79 Å². The zero-order valence-corrected chi connectivity index (χ0v) is 11.1. The lowest BCUT2D eigenvalue weighted by Crippen LogP contribution is -2.48. The Balaban J connectivity index is 2.01. The number of hydrogen-bond donors (Lipinski definition) is 2. The first kappa shape index (κ1) is 13.1. The van der Waals surface area contributed by atoms with Crippen LogP contribution in [0.15, 0.2) is 12.4 Å². The fourth-order valence-electron chi connectivity index (χ4n) is 2.38. The number of amides is 1. The van der Waals surface area contributed by atoms with Gasteiger partial charge >= 0.3 is 0 Å². The number of rotatable bonds is 4. The van der Waals surface area contributed by atoms with Crippen LogP contribution in [0, 0.1) is 0 Å². The van der Waals surface area contributed by atoms with E-state index < -0.39 is 0 Å². The van der Waals surface area contributed by atoms with Gasteiger partial charge in [-0.25, -0.2) is 0 Å². The van der Waals surface area contributed by atoms with Crippen molar-refractivity contribution < 1.29 is 4.79 Å². The fourth-order valence-corrected chi connectivity index (χ4v) is 2.38. The smallest absolute Gasteiger partial charge is 0.257 e. The summed E-state index contributed by atoms with van der Waals surface area (Å²) in [4.78, 5) is 14.3. The molecule has 1 aliphatic rings. The summed E-state index contributed by atoms with van der Waals surface area (Å²) in [6.07, 6.45) is 6.90. The number of aromatic amines is 1. The van der Waals surface area contributed by atoms with Crippen molar-refractivity contribution in [1.29, 1.82) is 0 Å². The van der Waals surface area contributed by atoms with Gasteiger partial charge in [-0.2, -0.15) is 5.10 Å². The monoisotopic (exact) mass is 250 g/mol. The maximum absolute atomic E-state index is 12.4. The molecule has 0 bridgehead atoms. The van der Waals surface area contributed by atoms with Gasteiger partial charge in [0.2, 0.25) is 0 Å². The van der Waals surface area contributed by atoms with Crippen LogP contribution < -0.4 is 5.32 Å². The number of carbonyl (C=O) groups is 1. The van der Waals surface area contributed by atoms with Gasteiger partial charge in [-0.3, -0.25) is 9.89 Å². The average Bonchev–Trinajstić information content (AvgIpc) is 2.90. The van der Waals surface area contributed by atoms with Gasteiger partial charge in [0.05, 0.1) is 11.8 Å². The Kier molecular flexibility index (Phi) is 4.36. The zero-order chi connectivity index (χ0) is 13.0. The fraction of sp³-hybridized carbons (Fsp3) is 0.692. The van der Waals surface area contributed by atoms with Crippen LogP contribution in [-0.4, -0.2) is 46.2 Å². The van der Waals surface area contributed by atoms with Gasteiger partial charge in [0.25, 0.3) is 5.91 Å². The highest BCUT2D eigenvalue weighted by Crippen LogP contribution is 2.13. The summed E-state index contributed by atoms with van der Waals surface area (Å²) < 4.78 is 0. The van der Waals surface area contributed by atoms with Crippen molar-refractivity contribution in [2.45, 2.75) is 45.2 Å². The molecule has 1 fully saturated rings. The van der Waals surface area contributed by atoms with Crippen molar-refractivity contribution >= 4 is 5.91 Å². The Morgan fingerprint density at radius 3 is 2.94 bits per heavy atom. The highest BCUT2D eigenvalue weighted by Gasteiger charge is 2.24. The molecule has 2 N–H and O–H groups in total. The SMILES string of the molecule is CC(C)N(CC1CCCCN1)C(=O)c1cn[nH]c1. The van der Waals surface area contributed by atoms with Crippen molar-refractivity contribution in [2.75, 3.05) is 13.1 Å². The predicted molar refractivity (Wildman–Crippen MR) is 70.4 cm³/mol. The molecule has 0 aromatic carbocycles. The summed E-state index contributed by atoms with van der Waals surface area (Å²) >= 11 is 0. The molecule has 5 nitrogen and oxygen atoms in total. The molecule has 0 spiro atoms. The molecule has 2 heterocycles. The van der Waals surface area contributed by atoms with Crippen molar-refractivity contribution in [3.63, 3.8) is 0 Å². The van der Waals surface area contributed by atoms with Crippen molar-refractivity contribution in [2.24, 2.45) is 0 Å². The molecule has 1 aromatic heterocycles. The minimum absolute atomic E-state index is 0.0612. The van der Waals surface area contributed by atoms with E-state index >= 15 is 0 Å². The zero-order valence-electron chi connectivity index (χ0n) is 11.1. The highest BCUT2D eigenvalue weighted by molar-refractivity contribution is 5.93. The van der Waals surface area contributed by atoms with Crippen LogP contribution in [-0.2, 0) is 0 Å². The third-order valence-corrected chi connectivity index (χ3v) is 3.46. The van der Waals surface area contributed by atoms with E-state index in [2.05, 4.69) is 29.4 Å². The third kappa shape index (κ3) is 3.10. The first-order chi connectivity index (χ1) is 8.68. The van der Waals surface area contributed by atoms with Crippen LogP contribution in [0.25, 0.3) is 0 Å². The van der Waals surface area contributed by atoms with Crippen LogP contribution >= 0.6 is 0 Å². The number of H-pyrrole nitrogens is 1. The standard InChI is InChI=1S/C13H22N4O/c1-10(2)17(9-12-5-3-4-6-14-12)13(18)11-7-15-16-8-11/h7-8,10,12,14H,3-6,9H2,1-2H3,(H,15,16). The largest absolute Gasteiger partial charge is 0.335 e. The van der Waals surface area contributed by atoms with E-state index in [0.717, 1.165) is 19.5 Å². The maximum Gasteiger partial charge on any atom is 0.257 e. The number of carbonyl (C=O) groups excluding carboxylic acids is 1. The molecule has 0 aliphatic carbocycles. The normalized spacial score (nSPS) is 20.1. The minimum atomic E-state index is 0.0612. The van der Waals surface area contributed by atoms with Gasteiger partial charge < -0.3 is 10.2 Å². The molecule has 1 atom stereocenters. The van der Waals surface area contributed by atoms with E-state index in [-0.39, 0.29) is 11.9 Å². The summed E-state index contributed by atoms with van der Waals surface area (Å²) in [6.45, 7) is 5.96. The van der Waals surface area contributed by atoms with Crippen molar-refractivity contribution in [3.05, 3.63) is 18.0 Å². The van der Waals surface area contributed by atoms with Gasteiger partial charge in [-0.05, 0) is 33.2 Å². The van der Waals surface area contributed by atoms with Gasteiger partial charge in [0, 0.05) is 24.8 Å². The van der Waals surface area contributed by atoms with Crippen LogP contribution in [0.1, 0.15) is 43.5 Å². The molecule has 1 amide bonds. The number of piperidine rings is 1. The second-order valence-electron chi connectivity index (χ2n) is 5.19. The predicted octanol–water partition coefficient (Wildman–Crippen LogP) is 1.40. The van der Waals surface area contributed by atoms with Crippen LogP contribution in [0.2, 0.25) is 0 Å². The second-order valence-corrected chi connectivity index (χ2v) is 5.19. The summed E-state index contributed by atoms with van der Waals surface area (Å²) in [5, 5.41) is 10.0. The third-order valence-electron chi connectivity index (χ3n) is 3.46. The topological polar surface area (TPSA) is 61.0 Å². The first-order valence-corrected chi connectivity index (χ1v) is 6.71. The van der Waals surface area contributed by atoms with Crippen LogP contribution in [0.5, 0.6) is 0 Å². The Morgan fingerprint density at radius 1 is 1.56 bits per heavy atom. The number of nitrogens with zero attached hydrogens (tertiary/aromatic N) is 2. The Hall–Kier alpha value is -1.36. The molecular formula is C13H22N4O. The minimum Gasteiger partial charge on any atom is -0.335 e. The summed E-state index contributed by atoms with van der Waals surface area (Å²) in [5.41, 5.74) is 0.638. The van der Waals surface area contributed by atoms with Crippen LogP contribution in [0.4, 0.5) is 0 Å². The number of aromatic nitrogens is 2. The molecule has 5 heteroatoms. The summed E-state index contributed by atoms with van der Waals surface area (Å²) in [7, 11) is 0. The Bertz CT molecular complexity index is 368. The molecule has 18 heavy (non-hydrogen) atoms. The molecule has 1 aliphatic heterocycles. The molecular weight excluding hydrogens is 228 g/mol. The lowest BCUT2D eigenvalue weighted by Gasteiger charge is -2.33. The molecule has 100 valence electrons. The maximum atomic E-state index is 12.4. The van der Waals surface area contributed by atoms with E-state index in [0.29, 0.717) is 11.6 Å². The van der Waals surface area contributed by atoms with E-state index in [1.807, 2.05) is 4.90 Å². The van der Waals surface area contributed by atoms with Gasteiger partial charge in [-0.1, -0.05) is 6.42 Å². The Labute approximate surface area is 108 Å². The lowest BCUT2D eigenvalue weighted by molar-refractivity contribution is 0.0677. The molecule has 0 radical (unpaired) electrons. The van der Waals surface area contributed by atoms with E-state index in [4.69, 9.17) is 0 Å². The highest BCUT2D eigenvalue weighted by atomic mass is 16.2. The van der Waals surface area contributed by atoms with E-state index in [1.54, 1.807) is 12.4 Å². The molecule has 1 saturated heterocycles. The van der Waals surface area contributed by atoms with Gasteiger partial charge in [0.15, 0.2) is 0 Å². The van der Waals surface area contributed by atoms with Gasteiger partial charge in [0.1, 0.15) is 0 Å². The molecule has 2 rings (SSSR count). The van der Waals surface area contributed by atoms with Crippen molar-refractivity contribution in [1.82, 2.24) is 20.4 Å². The van der Waals surface area contributed by atoms with Crippen LogP contribution in [0.3, 0.4) is 0 Å². The Morgan fingerprint density at radius 2 is 2.39 bits per heavy atom. The molecule has 0 saturated carbocycles. The summed E-state index contributed by atoms with van der Waals surface area (Å²) in [6, 6.07) is 0.633. The second kappa shape index (κ2) is 6.00. The molecule has 1 unspecified atom stereocenters.